The summed E-state index contributed by atoms with van der Waals surface area (Å²) in [5, 5.41) is 9.70. The van der Waals surface area contributed by atoms with E-state index in [0.717, 1.165) is 0 Å². The first kappa shape index (κ1) is 49.6. The van der Waals surface area contributed by atoms with Crippen LogP contribution in [0.4, 0.5) is 8.78 Å². The van der Waals surface area contributed by atoms with Crippen LogP contribution in [0, 0.1) is 11.6 Å². The van der Waals surface area contributed by atoms with Gasteiger partial charge in [-0.25, -0.2) is 18.7 Å². The first-order valence-electron chi connectivity index (χ1n) is 16.3. The Kier molecular flexibility index (Phi) is 16.5. The van der Waals surface area contributed by atoms with Gasteiger partial charge >= 0.3 is 30.8 Å². The monoisotopic (exact) mass is 809 g/mol. The summed E-state index contributed by atoms with van der Waals surface area (Å²) in [6.07, 6.45) is 0. The van der Waals surface area contributed by atoms with Crippen molar-refractivity contribution >= 4 is 79.0 Å². The van der Waals surface area contributed by atoms with Crippen molar-refractivity contribution in [3.8, 4) is 0 Å². The summed E-state index contributed by atoms with van der Waals surface area (Å²) in [7, 11) is 0. The van der Waals surface area contributed by atoms with Gasteiger partial charge in [-0.15, -0.1) is 0 Å². The first-order chi connectivity index (χ1) is 24.3. The number of nitrogens with zero attached hydrogens (tertiary/aromatic N) is 4. The quantitative estimate of drug-likeness (QED) is 0.137. The van der Waals surface area contributed by atoms with E-state index in [4.69, 9.17) is 27.9 Å². The molecule has 0 saturated heterocycles. The molecule has 0 aliphatic heterocycles. The predicted octanol–water partition coefficient (Wildman–Crippen LogP) is 5.21. The molecule has 6 aromatic rings. The van der Waals surface area contributed by atoms with Crippen molar-refractivity contribution in [3.05, 3.63) is 102 Å². The zero-order chi connectivity index (χ0) is 38.4. The van der Waals surface area contributed by atoms with Crippen molar-refractivity contribution in [3.63, 3.8) is 0 Å². The van der Waals surface area contributed by atoms with Gasteiger partial charge < -0.3 is 29.9 Å². The normalized spacial score (nSPS) is 11.1. The van der Waals surface area contributed by atoms with Crippen LogP contribution in [0.2, 0.25) is 10.0 Å². The van der Waals surface area contributed by atoms with Crippen LogP contribution in [-0.4, -0.2) is 53.7 Å². The molecular weight excluding hydrogens is 768 g/mol. The van der Waals surface area contributed by atoms with Gasteiger partial charge in [-0.3, -0.25) is 19.2 Å². The molecule has 17 heteroatoms. The number of pyridine rings is 4. The maximum atomic E-state index is 14.9. The van der Waals surface area contributed by atoms with Crippen molar-refractivity contribution in [1.29, 1.82) is 0 Å². The fourth-order valence-electron chi connectivity index (χ4n) is 5.75. The third kappa shape index (κ3) is 9.57. The second-order valence-corrected chi connectivity index (χ2v) is 15.0. The molecule has 2 aromatic carbocycles. The van der Waals surface area contributed by atoms with Crippen molar-refractivity contribution in [2.45, 2.75) is 79.8 Å². The Hall–Kier alpha value is -4.42. The number of carboxylic acids is 1. The Bertz CT molecular complexity index is 2570. The molecule has 0 spiro atoms. The Morgan fingerprint density at radius 3 is 1.39 bits per heavy atom. The van der Waals surface area contributed by atoms with Crippen molar-refractivity contribution in [2.24, 2.45) is 0 Å². The van der Waals surface area contributed by atoms with Gasteiger partial charge in [0.05, 0.1) is 38.5 Å². The fraction of sp³-hybridized carbons (Fsp3) is 0.333. The zero-order valence-corrected chi connectivity index (χ0v) is 32.9. The number of esters is 1. The molecule has 56 heavy (non-hydrogen) atoms. The maximum absolute atomic E-state index is 14.9. The van der Waals surface area contributed by atoms with Gasteiger partial charge in [0.2, 0.25) is 0 Å². The van der Waals surface area contributed by atoms with E-state index < -0.39 is 35.5 Å². The molecule has 0 amide bonds. The van der Waals surface area contributed by atoms with E-state index in [9.17, 15) is 33.1 Å². The Morgan fingerprint density at radius 1 is 0.696 bits per heavy atom. The van der Waals surface area contributed by atoms with E-state index in [1.54, 1.807) is 31.2 Å². The third-order valence-electron chi connectivity index (χ3n) is 8.34. The Morgan fingerprint density at radius 2 is 1.05 bits per heavy atom. The molecule has 296 valence electrons. The molecule has 0 aliphatic rings. The predicted molar refractivity (Wildman–Crippen MR) is 209 cm³/mol. The number of carbonyl (C=O) groups excluding carboxylic acids is 1. The minimum atomic E-state index is -1.17. The summed E-state index contributed by atoms with van der Waals surface area (Å²) in [6, 6.07) is 12.3. The summed E-state index contributed by atoms with van der Waals surface area (Å²) in [5.41, 5.74) is 0.175. The minimum Gasteiger partial charge on any atom is -0.870 e. The molecule has 0 aliphatic carbocycles. The van der Waals surface area contributed by atoms with Crippen LogP contribution in [0.15, 0.2) is 58.1 Å². The molecule has 6 rings (SSSR count). The Labute approximate surface area is 343 Å². The van der Waals surface area contributed by atoms with E-state index in [2.05, 4.69) is 9.97 Å². The van der Waals surface area contributed by atoms with Gasteiger partial charge in [0.1, 0.15) is 24.4 Å². The molecule has 0 fully saturated rings. The molecule has 0 unspecified atom stereocenters. The topological polar surface area (TPSA) is 193 Å². The summed E-state index contributed by atoms with van der Waals surface area (Å²) in [5.74, 6) is -3.32. The van der Waals surface area contributed by atoms with Crippen LogP contribution >= 0.6 is 23.2 Å². The second-order valence-electron chi connectivity index (χ2n) is 14.2. The van der Waals surface area contributed by atoms with Crippen LogP contribution in [0.1, 0.15) is 67.3 Å². The number of rotatable bonds is 5. The van der Waals surface area contributed by atoms with Crippen LogP contribution < -0.4 is 29.7 Å². The molecule has 0 atom stereocenters. The van der Waals surface area contributed by atoms with Gasteiger partial charge in [0, 0.05) is 33.0 Å². The number of fused-ring (bicyclic) bond motifs is 4. The fourth-order valence-corrected chi connectivity index (χ4v) is 6.06. The van der Waals surface area contributed by atoms with Crippen LogP contribution in [-0.2, 0) is 38.2 Å². The standard InChI is InChI=1S/C20H20ClFN2O3.C18H16ClFN2O3.CH4.Li.2H2O/c1-5-27-15(25)10-24-17-11(6-8-13(21)16(17)22)18(26)12-7-9-14(20(2,3)4)23-19(12)24;1-18(2,3)12-7-5-10-16(25)9-4-6-11(19)14(20)15(9)22(8-13(23)24)17(10)21-12;;;;/h6-9H,5,10H2,1-4H3;4-7H,8H2,1-3H3,(H,23,24);1H4;;2*1H2/q;;;+1;;/p-2. The first-order valence-corrected chi connectivity index (χ1v) is 17.0. The third-order valence-corrected chi connectivity index (χ3v) is 8.92. The number of hydrogen-bond donors (Lipinski definition) is 1. The molecule has 0 saturated carbocycles. The number of hydrogen-bond acceptors (Lipinski definition) is 9. The van der Waals surface area contributed by atoms with E-state index in [-0.39, 0.29) is 115 Å². The smallest absolute Gasteiger partial charge is 0.870 e. The molecule has 12 nitrogen and oxygen atoms in total. The van der Waals surface area contributed by atoms with Gasteiger partial charge in [-0.05, 0) is 55.5 Å². The number of ether oxygens (including phenoxy) is 1. The largest absolute Gasteiger partial charge is 1.00 e. The second kappa shape index (κ2) is 18.7. The number of carboxylic acid groups (broad SMARTS) is 1. The zero-order valence-electron chi connectivity index (χ0n) is 31.4. The minimum absolute atomic E-state index is 0. The average Bonchev–Trinajstić information content (AvgIpc) is 3.06. The summed E-state index contributed by atoms with van der Waals surface area (Å²) < 4.78 is 37.1. The number of aromatic nitrogens is 4. The van der Waals surface area contributed by atoms with Gasteiger partial charge in [0.25, 0.3) is 0 Å². The number of aliphatic carboxylic acids is 1. The maximum Gasteiger partial charge on any atom is 1.00 e. The molecule has 4 aromatic heterocycles. The van der Waals surface area contributed by atoms with Crippen LogP contribution in [0.25, 0.3) is 43.9 Å². The summed E-state index contributed by atoms with van der Waals surface area (Å²) >= 11 is 11.8. The van der Waals surface area contributed by atoms with E-state index >= 15 is 0 Å². The molecule has 3 N–H and O–H groups in total. The van der Waals surface area contributed by atoms with Crippen LogP contribution in [0.5, 0.6) is 0 Å². The van der Waals surface area contributed by atoms with Crippen molar-refractivity contribution < 1.29 is 58.0 Å². The molecule has 0 radical (unpaired) electrons. The van der Waals surface area contributed by atoms with E-state index in [1.807, 2.05) is 41.5 Å². The molecular formula is C39H42Cl2F2LiN4O8-. The summed E-state index contributed by atoms with van der Waals surface area (Å²) in [6.45, 7) is 12.8. The molecule has 0 bridgehead atoms. The SMILES string of the molecule is C.CC(C)(C)c1ccc2c(=O)c3ccc(Cl)c(F)c3n(CC(=O)O)c2n1.CCOC(=O)Cn1c2nc(C(C)(C)C)ccc2c(=O)c2ccc(Cl)c(F)c21.[Li+].[OH-].[OH-]. The van der Waals surface area contributed by atoms with E-state index in [1.165, 1.54) is 33.4 Å². The van der Waals surface area contributed by atoms with Gasteiger partial charge in [-0.2, -0.15) is 0 Å². The van der Waals surface area contributed by atoms with E-state index in [0.29, 0.717) is 16.8 Å². The number of carbonyl (C=O) groups is 2. The number of benzene rings is 2. The number of halogens is 4. The van der Waals surface area contributed by atoms with Crippen LogP contribution in [0.3, 0.4) is 0 Å². The Balaban J connectivity index is 0.000000524. The summed E-state index contributed by atoms with van der Waals surface area (Å²) in [4.78, 5) is 58.2. The van der Waals surface area contributed by atoms with Crippen molar-refractivity contribution in [2.75, 3.05) is 6.61 Å². The van der Waals surface area contributed by atoms with Gasteiger partial charge in [0.15, 0.2) is 22.5 Å². The molecule has 4 heterocycles. The van der Waals surface area contributed by atoms with Crippen molar-refractivity contribution in [1.82, 2.24) is 19.1 Å². The van der Waals surface area contributed by atoms with Gasteiger partial charge in [-0.1, -0.05) is 72.2 Å². The average molecular weight is 811 g/mol.